The van der Waals surface area contributed by atoms with Gasteiger partial charge in [0.2, 0.25) is 0 Å². The fourth-order valence-corrected chi connectivity index (χ4v) is 2.40. The van der Waals surface area contributed by atoms with Gasteiger partial charge in [0.15, 0.2) is 0 Å². The first kappa shape index (κ1) is 14.2. The largest absolute Gasteiger partial charge is 0.327 e. The summed E-state index contributed by atoms with van der Waals surface area (Å²) in [4.78, 5) is 0. The number of nitrogens with two attached hydrogens (primary N) is 1. The minimum Gasteiger partial charge on any atom is -0.327 e. The van der Waals surface area contributed by atoms with Crippen LogP contribution in [0.3, 0.4) is 0 Å². The van der Waals surface area contributed by atoms with Crippen molar-refractivity contribution in [3.05, 3.63) is 35.6 Å². The highest BCUT2D eigenvalue weighted by Crippen LogP contribution is 2.20. The third-order valence-corrected chi connectivity index (χ3v) is 3.34. The van der Waals surface area contributed by atoms with Crippen molar-refractivity contribution in [2.24, 2.45) is 11.7 Å². The van der Waals surface area contributed by atoms with Gasteiger partial charge in [-0.3, -0.25) is 0 Å². The Kier molecular flexibility index (Phi) is 6.20. The topological polar surface area (TPSA) is 26.0 Å². The van der Waals surface area contributed by atoms with E-state index in [1.54, 1.807) is 6.07 Å². The van der Waals surface area contributed by atoms with E-state index in [-0.39, 0.29) is 11.9 Å². The molecule has 1 rings (SSSR count). The zero-order valence-corrected chi connectivity index (χ0v) is 11.0. The van der Waals surface area contributed by atoms with Crippen LogP contribution in [0, 0.1) is 11.7 Å². The lowest BCUT2D eigenvalue weighted by Crippen LogP contribution is -2.32. The first-order valence-corrected chi connectivity index (χ1v) is 6.68. The van der Waals surface area contributed by atoms with Gasteiger partial charge in [-0.05, 0) is 36.8 Å². The SMILES string of the molecule is CCCC(CCC)C(N)Cc1ccccc1F. The van der Waals surface area contributed by atoms with Gasteiger partial charge in [0.1, 0.15) is 5.82 Å². The smallest absolute Gasteiger partial charge is 0.126 e. The summed E-state index contributed by atoms with van der Waals surface area (Å²) in [6, 6.07) is 7.02. The molecule has 17 heavy (non-hydrogen) atoms. The monoisotopic (exact) mass is 237 g/mol. The number of hydrogen-bond acceptors (Lipinski definition) is 1. The summed E-state index contributed by atoms with van der Waals surface area (Å²) in [5, 5.41) is 0. The van der Waals surface area contributed by atoms with Crippen molar-refractivity contribution >= 4 is 0 Å². The zero-order valence-electron chi connectivity index (χ0n) is 11.0. The second-order valence-electron chi connectivity index (χ2n) is 4.80. The van der Waals surface area contributed by atoms with Gasteiger partial charge < -0.3 is 5.73 Å². The summed E-state index contributed by atoms with van der Waals surface area (Å²) in [7, 11) is 0. The van der Waals surface area contributed by atoms with Gasteiger partial charge in [-0.2, -0.15) is 0 Å². The molecule has 1 aromatic rings. The number of hydrogen-bond donors (Lipinski definition) is 1. The Morgan fingerprint density at radius 1 is 1.12 bits per heavy atom. The van der Waals surface area contributed by atoms with Crippen LogP contribution >= 0.6 is 0 Å². The molecule has 0 saturated heterocycles. The maximum Gasteiger partial charge on any atom is 0.126 e. The Morgan fingerprint density at radius 2 is 1.71 bits per heavy atom. The van der Waals surface area contributed by atoms with Crippen LogP contribution < -0.4 is 5.73 Å². The molecule has 1 aromatic carbocycles. The fraction of sp³-hybridized carbons (Fsp3) is 0.600. The third-order valence-electron chi connectivity index (χ3n) is 3.34. The van der Waals surface area contributed by atoms with Crippen LogP contribution in [0.2, 0.25) is 0 Å². The van der Waals surface area contributed by atoms with Gasteiger partial charge in [-0.1, -0.05) is 44.9 Å². The predicted molar refractivity (Wildman–Crippen MR) is 71.4 cm³/mol. The van der Waals surface area contributed by atoms with E-state index in [2.05, 4.69) is 13.8 Å². The van der Waals surface area contributed by atoms with E-state index in [0.717, 1.165) is 31.2 Å². The van der Waals surface area contributed by atoms with Crippen molar-refractivity contribution < 1.29 is 4.39 Å². The molecule has 2 heteroatoms. The lowest BCUT2D eigenvalue weighted by atomic mass is 9.87. The van der Waals surface area contributed by atoms with Crippen LogP contribution in [0.15, 0.2) is 24.3 Å². The fourth-order valence-electron chi connectivity index (χ4n) is 2.40. The van der Waals surface area contributed by atoms with Gasteiger partial charge in [0.05, 0.1) is 0 Å². The van der Waals surface area contributed by atoms with E-state index in [9.17, 15) is 4.39 Å². The molecule has 1 unspecified atom stereocenters. The first-order chi connectivity index (χ1) is 8.19. The van der Waals surface area contributed by atoms with Crippen molar-refractivity contribution in [1.82, 2.24) is 0 Å². The number of benzene rings is 1. The molecule has 0 aromatic heterocycles. The van der Waals surface area contributed by atoms with Crippen LogP contribution in [0.5, 0.6) is 0 Å². The van der Waals surface area contributed by atoms with Gasteiger partial charge in [-0.25, -0.2) is 4.39 Å². The Hall–Kier alpha value is -0.890. The molecule has 1 nitrogen and oxygen atoms in total. The molecule has 0 bridgehead atoms. The van der Waals surface area contributed by atoms with E-state index < -0.39 is 0 Å². The summed E-state index contributed by atoms with van der Waals surface area (Å²) in [5.74, 6) is 0.388. The minimum atomic E-state index is -0.130. The van der Waals surface area contributed by atoms with Gasteiger partial charge in [0.25, 0.3) is 0 Å². The Bertz CT molecular complexity index is 318. The number of halogens is 1. The molecule has 2 N–H and O–H groups in total. The molecule has 0 aliphatic rings. The van der Waals surface area contributed by atoms with Crippen molar-refractivity contribution in [2.45, 2.75) is 52.0 Å². The van der Waals surface area contributed by atoms with E-state index >= 15 is 0 Å². The molecule has 1 atom stereocenters. The quantitative estimate of drug-likeness (QED) is 0.764. The normalized spacial score (nSPS) is 13.0. The zero-order chi connectivity index (χ0) is 12.7. The Balaban J connectivity index is 2.62. The molecule has 0 fully saturated rings. The molecule has 0 amide bonds. The molecule has 0 saturated carbocycles. The van der Waals surface area contributed by atoms with E-state index in [0.29, 0.717) is 12.3 Å². The van der Waals surface area contributed by atoms with Crippen molar-refractivity contribution in [3.8, 4) is 0 Å². The van der Waals surface area contributed by atoms with E-state index in [1.165, 1.54) is 6.07 Å². The lowest BCUT2D eigenvalue weighted by molar-refractivity contribution is 0.357. The maximum atomic E-state index is 13.5. The molecule has 0 spiro atoms. The van der Waals surface area contributed by atoms with Crippen LogP contribution in [0.4, 0.5) is 4.39 Å². The molecule has 0 radical (unpaired) electrons. The highest BCUT2D eigenvalue weighted by Gasteiger charge is 2.17. The highest BCUT2D eigenvalue weighted by atomic mass is 19.1. The standard InChI is InChI=1S/C15H24FN/c1-3-7-12(8-4-2)15(17)11-13-9-5-6-10-14(13)16/h5-6,9-10,12,15H,3-4,7-8,11,17H2,1-2H3. The average molecular weight is 237 g/mol. The molecular formula is C15H24FN. The molecule has 0 aliphatic heterocycles. The highest BCUT2D eigenvalue weighted by molar-refractivity contribution is 5.18. The van der Waals surface area contributed by atoms with Gasteiger partial charge >= 0.3 is 0 Å². The molecule has 96 valence electrons. The van der Waals surface area contributed by atoms with Gasteiger partial charge in [0, 0.05) is 6.04 Å². The van der Waals surface area contributed by atoms with Crippen molar-refractivity contribution in [1.29, 1.82) is 0 Å². The third kappa shape index (κ3) is 4.47. The van der Waals surface area contributed by atoms with Crippen LogP contribution in [0.25, 0.3) is 0 Å². The lowest BCUT2D eigenvalue weighted by Gasteiger charge is -2.23. The van der Waals surface area contributed by atoms with Crippen LogP contribution in [0.1, 0.15) is 45.1 Å². The Morgan fingerprint density at radius 3 is 2.24 bits per heavy atom. The summed E-state index contributed by atoms with van der Waals surface area (Å²) in [6.07, 6.45) is 5.23. The minimum absolute atomic E-state index is 0.0757. The van der Waals surface area contributed by atoms with E-state index in [1.807, 2.05) is 12.1 Å². The summed E-state index contributed by atoms with van der Waals surface area (Å²) in [6.45, 7) is 4.36. The summed E-state index contributed by atoms with van der Waals surface area (Å²) < 4.78 is 13.5. The van der Waals surface area contributed by atoms with Crippen molar-refractivity contribution in [3.63, 3.8) is 0 Å². The van der Waals surface area contributed by atoms with Crippen LogP contribution in [-0.4, -0.2) is 6.04 Å². The summed E-state index contributed by atoms with van der Waals surface area (Å²) in [5.41, 5.74) is 6.97. The first-order valence-electron chi connectivity index (χ1n) is 6.68. The van der Waals surface area contributed by atoms with Crippen molar-refractivity contribution in [2.75, 3.05) is 0 Å². The maximum absolute atomic E-state index is 13.5. The molecule has 0 aliphatic carbocycles. The van der Waals surface area contributed by atoms with Gasteiger partial charge in [-0.15, -0.1) is 0 Å². The number of rotatable bonds is 7. The predicted octanol–water partition coefficient (Wildman–Crippen LogP) is 3.91. The molecular weight excluding hydrogens is 213 g/mol. The Labute approximate surface area is 104 Å². The van der Waals surface area contributed by atoms with Crippen LogP contribution in [-0.2, 0) is 6.42 Å². The second-order valence-corrected chi connectivity index (χ2v) is 4.80. The molecule has 0 heterocycles. The van der Waals surface area contributed by atoms with E-state index in [4.69, 9.17) is 5.73 Å². The average Bonchev–Trinajstić information content (AvgIpc) is 2.32. The summed E-state index contributed by atoms with van der Waals surface area (Å²) >= 11 is 0. The second kappa shape index (κ2) is 7.44.